The Kier molecular flexibility index (Phi) is 10.5. The van der Waals surface area contributed by atoms with Crippen LogP contribution in [0.4, 0.5) is 5.69 Å². The summed E-state index contributed by atoms with van der Waals surface area (Å²) in [5.74, 6) is -0.732. The van der Waals surface area contributed by atoms with E-state index in [0.29, 0.717) is 12.2 Å². The first-order chi connectivity index (χ1) is 18.9. The number of hydrogen-bond acceptors (Lipinski definition) is 4. The molecule has 3 aromatic carbocycles. The number of nitrogens with zero attached hydrogens (tertiary/aromatic N) is 2. The van der Waals surface area contributed by atoms with Crippen LogP contribution in [0.1, 0.15) is 54.5 Å². The van der Waals surface area contributed by atoms with Crippen LogP contribution in [0.3, 0.4) is 0 Å². The predicted molar refractivity (Wildman–Crippen MR) is 161 cm³/mol. The molecule has 0 radical (unpaired) electrons. The molecule has 0 aromatic heterocycles. The molecule has 7 nitrogen and oxygen atoms in total. The number of aryl methyl sites for hydroxylation is 4. The summed E-state index contributed by atoms with van der Waals surface area (Å²) in [6, 6.07) is 19.0. The van der Waals surface area contributed by atoms with Crippen molar-refractivity contribution in [1.29, 1.82) is 0 Å². The van der Waals surface area contributed by atoms with E-state index in [4.69, 9.17) is 0 Å². The van der Waals surface area contributed by atoms with Gasteiger partial charge < -0.3 is 10.2 Å². The summed E-state index contributed by atoms with van der Waals surface area (Å²) < 4.78 is 29.2. The average Bonchev–Trinajstić information content (AvgIpc) is 2.90. The molecule has 0 saturated heterocycles. The Balaban J connectivity index is 2.04. The summed E-state index contributed by atoms with van der Waals surface area (Å²) in [5.41, 5.74) is 4.97. The molecule has 0 bridgehead atoms. The number of anilines is 1. The molecule has 2 amide bonds. The van der Waals surface area contributed by atoms with Gasteiger partial charge in [-0.2, -0.15) is 0 Å². The van der Waals surface area contributed by atoms with Crippen LogP contribution in [0.5, 0.6) is 0 Å². The van der Waals surface area contributed by atoms with Gasteiger partial charge in [-0.05, 0) is 70.4 Å². The average molecular weight is 564 g/mol. The van der Waals surface area contributed by atoms with Gasteiger partial charge in [0.1, 0.15) is 12.6 Å². The highest BCUT2D eigenvalue weighted by Gasteiger charge is 2.33. The molecule has 8 heteroatoms. The third-order valence-electron chi connectivity index (χ3n) is 6.94. The zero-order chi connectivity index (χ0) is 29.4. The van der Waals surface area contributed by atoms with Crippen LogP contribution < -0.4 is 9.62 Å². The number of rotatable bonds is 12. The Hall–Kier alpha value is -3.65. The fraction of sp³-hybridized carbons (Fsp3) is 0.375. The van der Waals surface area contributed by atoms with Gasteiger partial charge in [0.2, 0.25) is 11.8 Å². The van der Waals surface area contributed by atoms with E-state index >= 15 is 0 Å². The Bertz CT molecular complexity index is 1430. The summed E-state index contributed by atoms with van der Waals surface area (Å²) in [4.78, 5) is 28.7. The molecule has 1 atom stereocenters. The maximum absolute atomic E-state index is 14.0. The fourth-order valence-corrected chi connectivity index (χ4v) is 6.04. The van der Waals surface area contributed by atoms with Crippen molar-refractivity contribution in [3.8, 4) is 0 Å². The van der Waals surface area contributed by atoms with Gasteiger partial charge in [0.05, 0.1) is 10.6 Å². The SMILES string of the molecule is CCCCNC(=O)[C@@H](C)N(Cc1cccc(C)c1)C(=O)CN(c1ccc(C)cc1C)S(=O)(=O)c1ccc(C)cc1. The Morgan fingerprint density at radius 2 is 1.52 bits per heavy atom. The minimum Gasteiger partial charge on any atom is -0.354 e. The lowest BCUT2D eigenvalue weighted by atomic mass is 10.1. The van der Waals surface area contributed by atoms with Crippen LogP contribution in [0, 0.1) is 27.7 Å². The van der Waals surface area contributed by atoms with Crippen molar-refractivity contribution in [3.63, 3.8) is 0 Å². The summed E-state index contributed by atoms with van der Waals surface area (Å²) in [7, 11) is -4.09. The molecule has 0 heterocycles. The highest BCUT2D eigenvalue weighted by Crippen LogP contribution is 2.28. The van der Waals surface area contributed by atoms with Gasteiger partial charge in [0.25, 0.3) is 10.0 Å². The lowest BCUT2D eigenvalue weighted by Crippen LogP contribution is -2.51. The normalized spacial score (nSPS) is 12.1. The molecule has 3 aromatic rings. The highest BCUT2D eigenvalue weighted by atomic mass is 32.2. The van der Waals surface area contributed by atoms with E-state index in [2.05, 4.69) is 5.32 Å². The van der Waals surface area contributed by atoms with Crippen LogP contribution in [0.15, 0.2) is 71.6 Å². The minimum absolute atomic E-state index is 0.0986. The number of hydrogen-bond donors (Lipinski definition) is 1. The molecule has 0 aliphatic heterocycles. The van der Waals surface area contributed by atoms with Gasteiger partial charge in [-0.3, -0.25) is 13.9 Å². The van der Waals surface area contributed by atoms with E-state index in [1.165, 1.54) is 9.21 Å². The van der Waals surface area contributed by atoms with Crippen molar-refractivity contribution in [2.24, 2.45) is 0 Å². The summed E-state index contributed by atoms with van der Waals surface area (Å²) in [5, 5.41) is 2.91. The van der Waals surface area contributed by atoms with Crippen LogP contribution in [0.25, 0.3) is 0 Å². The van der Waals surface area contributed by atoms with Crippen LogP contribution in [-0.2, 0) is 26.2 Å². The quantitative estimate of drug-likeness (QED) is 0.297. The van der Waals surface area contributed by atoms with E-state index in [1.807, 2.05) is 71.0 Å². The molecule has 0 saturated carbocycles. The van der Waals surface area contributed by atoms with Crippen LogP contribution >= 0.6 is 0 Å². The number of nitrogens with one attached hydrogen (secondary N) is 1. The maximum atomic E-state index is 14.0. The van der Waals surface area contributed by atoms with Crippen molar-refractivity contribution >= 4 is 27.5 Å². The summed E-state index contributed by atoms with van der Waals surface area (Å²) in [6.07, 6.45) is 1.77. The second-order valence-electron chi connectivity index (χ2n) is 10.4. The third-order valence-corrected chi connectivity index (χ3v) is 8.72. The van der Waals surface area contributed by atoms with E-state index in [-0.39, 0.29) is 17.3 Å². The topological polar surface area (TPSA) is 86.8 Å². The zero-order valence-electron chi connectivity index (χ0n) is 24.4. The first-order valence-corrected chi connectivity index (χ1v) is 15.2. The van der Waals surface area contributed by atoms with E-state index in [1.54, 1.807) is 37.3 Å². The number of unbranched alkanes of at least 4 members (excludes halogenated alkanes) is 1. The second kappa shape index (κ2) is 13.6. The zero-order valence-corrected chi connectivity index (χ0v) is 25.2. The van der Waals surface area contributed by atoms with Crippen molar-refractivity contribution < 1.29 is 18.0 Å². The smallest absolute Gasteiger partial charge is 0.264 e. The molecule has 3 rings (SSSR count). The lowest BCUT2D eigenvalue weighted by Gasteiger charge is -2.32. The van der Waals surface area contributed by atoms with Gasteiger partial charge in [-0.15, -0.1) is 0 Å². The van der Waals surface area contributed by atoms with Crippen LogP contribution in [0.2, 0.25) is 0 Å². The van der Waals surface area contributed by atoms with Crippen molar-refractivity contribution in [2.45, 2.75) is 71.9 Å². The largest absolute Gasteiger partial charge is 0.354 e. The first-order valence-electron chi connectivity index (χ1n) is 13.7. The van der Waals surface area contributed by atoms with Gasteiger partial charge in [-0.1, -0.05) is 78.6 Å². The van der Waals surface area contributed by atoms with Gasteiger partial charge in [0.15, 0.2) is 0 Å². The molecular formula is C32H41N3O4S. The fourth-order valence-electron chi connectivity index (χ4n) is 4.56. The number of sulfonamides is 1. The molecule has 0 unspecified atom stereocenters. The molecular weight excluding hydrogens is 522 g/mol. The number of carbonyl (C=O) groups excluding carboxylic acids is 2. The van der Waals surface area contributed by atoms with Crippen molar-refractivity contribution in [2.75, 3.05) is 17.4 Å². The molecule has 0 aliphatic carbocycles. The minimum atomic E-state index is -4.09. The molecule has 0 spiro atoms. The Morgan fingerprint density at radius 3 is 2.15 bits per heavy atom. The maximum Gasteiger partial charge on any atom is 0.264 e. The van der Waals surface area contributed by atoms with Gasteiger partial charge in [-0.25, -0.2) is 8.42 Å². The second-order valence-corrected chi connectivity index (χ2v) is 12.3. The molecule has 214 valence electrons. The first kappa shape index (κ1) is 30.9. The third kappa shape index (κ3) is 7.72. The highest BCUT2D eigenvalue weighted by molar-refractivity contribution is 7.92. The van der Waals surface area contributed by atoms with E-state index < -0.39 is 28.5 Å². The monoisotopic (exact) mass is 563 g/mol. The van der Waals surface area contributed by atoms with Crippen LogP contribution in [-0.4, -0.2) is 44.3 Å². The van der Waals surface area contributed by atoms with E-state index in [0.717, 1.165) is 40.7 Å². The Morgan fingerprint density at radius 1 is 0.875 bits per heavy atom. The standard InChI is InChI=1S/C32H41N3O4S/c1-7-8-18-33-32(37)27(6)34(21-28-11-9-10-24(3)20-28)31(36)22-35(30-17-14-25(4)19-26(30)5)40(38,39)29-15-12-23(2)13-16-29/h9-17,19-20,27H,7-8,18,21-22H2,1-6H3,(H,33,37)/t27-/m1/s1. The molecule has 1 N–H and O–H groups in total. The number of benzene rings is 3. The summed E-state index contributed by atoms with van der Waals surface area (Å²) in [6.45, 7) is 11.6. The van der Waals surface area contributed by atoms with Crippen molar-refractivity contribution in [3.05, 3.63) is 94.5 Å². The summed E-state index contributed by atoms with van der Waals surface area (Å²) >= 11 is 0. The molecule has 0 aliphatic rings. The number of amides is 2. The van der Waals surface area contributed by atoms with Gasteiger partial charge in [0, 0.05) is 13.1 Å². The lowest BCUT2D eigenvalue weighted by molar-refractivity contribution is -0.139. The predicted octanol–water partition coefficient (Wildman–Crippen LogP) is 5.45. The molecule has 0 fully saturated rings. The van der Waals surface area contributed by atoms with Crippen molar-refractivity contribution in [1.82, 2.24) is 10.2 Å². The van der Waals surface area contributed by atoms with Gasteiger partial charge >= 0.3 is 0 Å². The molecule has 40 heavy (non-hydrogen) atoms. The number of carbonyl (C=O) groups is 2. The Labute approximate surface area is 239 Å². The van der Waals surface area contributed by atoms with E-state index in [9.17, 15) is 18.0 Å².